The Morgan fingerprint density at radius 3 is 2.33 bits per heavy atom. The van der Waals surface area contributed by atoms with Gasteiger partial charge in [-0.2, -0.15) is 0 Å². The van der Waals surface area contributed by atoms with E-state index >= 15 is 0 Å². The van der Waals surface area contributed by atoms with Gasteiger partial charge in [0.05, 0.1) is 4.90 Å². The van der Waals surface area contributed by atoms with Gasteiger partial charge in [-0.1, -0.05) is 42.5 Å². The first kappa shape index (κ1) is 24.0. The van der Waals surface area contributed by atoms with E-state index in [-0.39, 0.29) is 16.6 Å². The Morgan fingerprint density at radius 1 is 1.00 bits per heavy atom. The van der Waals surface area contributed by atoms with Crippen LogP contribution in [0.4, 0.5) is 5.69 Å². The predicted molar refractivity (Wildman–Crippen MR) is 131 cm³/mol. The lowest BCUT2D eigenvalue weighted by molar-refractivity contribution is 0.0954. The van der Waals surface area contributed by atoms with Gasteiger partial charge in [-0.05, 0) is 42.8 Å². The van der Waals surface area contributed by atoms with E-state index in [4.69, 9.17) is 16.3 Å². The fraction of sp³-hybridized carbons (Fsp3) is 0.167. The van der Waals surface area contributed by atoms with Gasteiger partial charge in [-0.25, -0.2) is 13.6 Å². The standard InChI is InChI=1S/C24H27N5O3S/c1-2-29(20-7-5-6-19(16-20)23(25)26)15-14-28-24(30)18-12-10-17(11-13-18)21-8-3-4-9-22(21)33(27,31)32/h3-13,16H,2,14-15H2,1H3,(H3,25,26)(H,28,30)(H2,27,31,32). The number of nitrogens with two attached hydrogens (primary N) is 2. The SMILES string of the molecule is CCN(CCNC(=O)c1ccc(-c2ccccc2S(N)(=O)=O)cc1)c1cccc(C(=N)N)c1. The molecule has 3 rings (SSSR count). The summed E-state index contributed by atoms with van der Waals surface area (Å²) in [6.45, 7) is 3.76. The average Bonchev–Trinajstić information content (AvgIpc) is 2.81. The van der Waals surface area contributed by atoms with Gasteiger partial charge >= 0.3 is 0 Å². The summed E-state index contributed by atoms with van der Waals surface area (Å²) in [5.74, 6) is -0.217. The number of nitrogen functional groups attached to an aromatic ring is 1. The molecule has 0 radical (unpaired) electrons. The Balaban J connectivity index is 1.65. The minimum absolute atomic E-state index is 0.0105. The van der Waals surface area contributed by atoms with E-state index in [1.165, 1.54) is 6.07 Å². The van der Waals surface area contributed by atoms with Gasteiger partial charge in [0.15, 0.2) is 0 Å². The number of nitrogens with one attached hydrogen (secondary N) is 2. The van der Waals surface area contributed by atoms with Gasteiger partial charge in [-0.15, -0.1) is 0 Å². The predicted octanol–water partition coefficient (Wildman–Crippen LogP) is 2.54. The van der Waals surface area contributed by atoms with E-state index in [2.05, 4.69) is 10.2 Å². The van der Waals surface area contributed by atoms with Crippen LogP contribution in [0.5, 0.6) is 0 Å². The number of hydrogen-bond donors (Lipinski definition) is 4. The Bertz CT molecular complexity index is 1260. The van der Waals surface area contributed by atoms with Gasteiger partial charge in [0.2, 0.25) is 10.0 Å². The molecule has 0 atom stereocenters. The topological polar surface area (TPSA) is 142 Å². The van der Waals surface area contributed by atoms with Crippen LogP contribution in [0.2, 0.25) is 0 Å². The van der Waals surface area contributed by atoms with Crippen molar-refractivity contribution in [3.63, 3.8) is 0 Å². The number of likely N-dealkylation sites (N-methyl/N-ethyl adjacent to an activating group) is 1. The van der Waals surface area contributed by atoms with Gasteiger partial charge in [0.1, 0.15) is 5.84 Å². The molecule has 1 amide bonds. The molecule has 33 heavy (non-hydrogen) atoms. The van der Waals surface area contributed by atoms with Crippen molar-refractivity contribution in [1.29, 1.82) is 5.41 Å². The minimum Gasteiger partial charge on any atom is -0.384 e. The number of primary sulfonamides is 1. The fourth-order valence-electron chi connectivity index (χ4n) is 3.50. The molecule has 0 aliphatic carbocycles. The summed E-state index contributed by atoms with van der Waals surface area (Å²) in [7, 11) is -3.86. The maximum absolute atomic E-state index is 12.6. The zero-order valence-corrected chi connectivity index (χ0v) is 19.1. The van der Waals surface area contributed by atoms with Crippen LogP contribution in [0.3, 0.4) is 0 Å². The Labute approximate surface area is 193 Å². The van der Waals surface area contributed by atoms with E-state index in [1.807, 2.05) is 25.1 Å². The molecular formula is C24H27N5O3S. The molecule has 9 heteroatoms. The Hall–Kier alpha value is -3.69. The van der Waals surface area contributed by atoms with Crippen molar-refractivity contribution in [3.8, 4) is 11.1 Å². The highest BCUT2D eigenvalue weighted by molar-refractivity contribution is 7.89. The third-order valence-electron chi connectivity index (χ3n) is 5.22. The summed E-state index contributed by atoms with van der Waals surface area (Å²) in [5, 5.41) is 15.8. The third kappa shape index (κ3) is 5.97. The van der Waals surface area contributed by atoms with Gasteiger partial charge < -0.3 is 16.0 Å². The summed E-state index contributed by atoms with van der Waals surface area (Å²) in [6.07, 6.45) is 0. The van der Waals surface area contributed by atoms with Crippen molar-refractivity contribution in [3.05, 3.63) is 83.9 Å². The van der Waals surface area contributed by atoms with Crippen LogP contribution in [0, 0.1) is 5.41 Å². The highest BCUT2D eigenvalue weighted by Crippen LogP contribution is 2.26. The molecule has 6 N–H and O–H groups in total. The normalized spacial score (nSPS) is 11.1. The van der Waals surface area contributed by atoms with Crippen LogP contribution < -0.4 is 21.1 Å². The minimum atomic E-state index is -3.86. The molecule has 0 spiro atoms. The lowest BCUT2D eigenvalue weighted by Gasteiger charge is -2.23. The van der Waals surface area contributed by atoms with Gasteiger partial charge in [-0.3, -0.25) is 10.2 Å². The smallest absolute Gasteiger partial charge is 0.251 e. The number of hydrogen-bond acceptors (Lipinski definition) is 5. The largest absolute Gasteiger partial charge is 0.384 e. The molecule has 0 aromatic heterocycles. The van der Waals surface area contributed by atoms with Crippen molar-refractivity contribution < 1.29 is 13.2 Å². The number of sulfonamides is 1. The fourth-order valence-corrected chi connectivity index (χ4v) is 4.26. The molecule has 8 nitrogen and oxygen atoms in total. The molecule has 0 heterocycles. The maximum Gasteiger partial charge on any atom is 0.251 e. The molecule has 172 valence electrons. The zero-order chi connectivity index (χ0) is 24.0. The molecule has 0 saturated heterocycles. The van der Waals surface area contributed by atoms with Crippen molar-refractivity contribution in [2.24, 2.45) is 10.9 Å². The van der Waals surface area contributed by atoms with Crippen LogP contribution in [-0.2, 0) is 10.0 Å². The first-order chi connectivity index (χ1) is 15.7. The number of anilines is 1. The maximum atomic E-state index is 12.6. The molecular weight excluding hydrogens is 438 g/mol. The molecule has 0 aliphatic heterocycles. The van der Waals surface area contributed by atoms with Crippen LogP contribution in [0.15, 0.2) is 77.7 Å². The second-order valence-corrected chi connectivity index (χ2v) is 8.95. The quantitative estimate of drug-likeness (QED) is 0.284. The molecule has 0 saturated carbocycles. The number of benzene rings is 3. The summed E-state index contributed by atoms with van der Waals surface area (Å²) in [5.41, 5.74) is 8.76. The van der Waals surface area contributed by atoms with Crippen molar-refractivity contribution in [2.45, 2.75) is 11.8 Å². The number of rotatable bonds is 9. The lowest BCUT2D eigenvalue weighted by Crippen LogP contribution is -2.35. The van der Waals surface area contributed by atoms with Crippen molar-refractivity contribution >= 4 is 27.5 Å². The van der Waals surface area contributed by atoms with E-state index in [9.17, 15) is 13.2 Å². The highest BCUT2D eigenvalue weighted by Gasteiger charge is 2.15. The monoisotopic (exact) mass is 465 g/mol. The summed E-state index contributed by atoms with van der Waals surface area (Å²) >= 11 is 0. The third-order valence-corrected chi connectivity index (χ3v) is 6.19. The number of carbonyl (C=O) groups is 1. The van der Waals surface area contributed by atoms with Crippen LogP contribution >= 0.6 is 0 Å². The number of carbonyl (C=O) groups excluding carboxylic acids is 1. The van der Waals surface area contributed by atoms with Crippen LogP contribution in [0.1, 0.15) is 22.8 Å². The molecule has 0 aliphatic rings. The zero-order valence-electron chi connectivity index (χ0n) is 18.3. The molecule has 0 unspecified atom stereocenters. The molecule has 3 aromatic rings. The number of amides is 1. The summed E-state index contributed by atoms with van der Waals surface area (Å²) in [6, 6.07) is 20.6. The number of amidine groups is 1. The van der Waals surface area contributed by atoms with Gasteiger partial charge in [0, 0.05) is 42.0 Å². The Kier molecular flexibility index (Phi) is 7.47. The van der Waals surface area contributed by atoms with Crippen LogP contribution in [-0.4, -0.2) is 39.8 Å². The summed E-state index contributed by atoms with van der Waals surface area (Å²) in [4.78, 5) is 14.7. The lowest BCUT2D eigenvalue weighted by atomic mass is 10.0. The first-order valence-electron chi connectivity index (χ1n) is 10.4. The second-order valence-electron chi connectivity index (χ2n) is 7.42. The van der Waals surface area contributed by atoms with Crippen molar-refractivity contribution in [1.82, 2.24) is 5.32 Å². The van der Waals surface area contributed by atoms with E-state index < -0.39 is 10.0 Å². The highest BCUT2D eigenvalue weighted by atomic mass is 32.2. The Morgan fingerprint density at radius 2 is 1.70 bits per heavy atom. The van der Waals surface area contributed by atoms with E-state index in [0.717, 1.165) is 12.2 Å². The number of nitrogens with zero attached hydrogens (tertiary/aromatic N) is 1. The average molecular weight is 466 g/mol. The van der Waals surface area contributed by atoms with Crippen molar-refractivity contribution in [2.75, 3.05) is 24.5 Å². The van der Waals surface area contributed by atoms with Crippen LogP contribution in [0.25, 0.3) is 11.1 Å². The first-order valence-corrected chi connectivity index (χ1v) is 11.9. The second kappa shape index (κ2) is 10.3. The summed E-state index contributed by atoms with van der Waals surface area (Å²) < 4.78 is 23.7. The van der Waals surface area contributed by atoms with Gasteiger partial charge in [0.25, 0.3) is 5.91 Å². The van der Waals surface area contributed by atoms with E-state index in [0.29, 0.717) is 35.3 Å². The molecule has 0 fully saturated rings. The molecule has 3 aromatic carbocycles. The van der Waals surface area contributed by atoms with E-state index in [1.54, 1.807) is 48.5 Å². The molecule has 0 bridgehead atoms.